The van der Waals surface area contributed by atoms with Gasteiger partial charge < -0.3 is 10.4 Å². The molecule has 3 rings (SSSR count). The van der Waals surface area contributed by atoms with Crippen LogP contribution in [-0.4, -0.2) is 41.5 Å². The van der Waals surface area contributed by atoms with Gasteiger partial charge in [-0.2, -0.15) is 0 Å². The van der Waals surface area contributed by atoms with Crippen LogP contribution >= 0.6 is 23.7 Å². The third-order valence-electron chi connectivity index (χ3n) is 4.33. The van der Waals surface area contributed by atoms with E-state index in [4.69, 9.17) is 5.11 Å². The molecule has 2 heterocycles. The van der Waals surface area contributed by atoms with Gasteiger partial charge >= 0.3 is 5.97 Å². The molecule has 0 bridgehead atoms. The number of thiophene rings is 1. The summed E-state index contributed by atoms with van der Waals surface area (Å²) in [6.07, 6.45) is 0.564. The van der Waals surface area contributed by atoms with Gasteiger partial charge in [-0.25, -0.2) is 4.39 Å². The summed E-state index contributed by atoms with van der Waals surface area (Å²) in [5.41, 5.74) is 0.807. The van der Waals surface area contributed by atoms with Gasteiger partial charge in [-0.1, -0.05) is 18.2 Å². The standard InChI is InChI=1S/C18H19FN2O3S.ClH/c19-14-5-3-12(4-6-14)17(15-2-1-9-25-15)20-16(22)11-21-8-7-13(10-21)18(23)24;/h1-6,9,13,17H,7-8,10-11H2,(H,20,22)(H,23,24);1H. The van der Waals surface area contributed by atoms with E-state index in [-0.39, 0.29) is 36.7 Å². The summed E-state index contributed by atoms with van der Waals surface area (Å²) in [6, 6.07) is 9.56. The smallest absolute Gasteiger partial charge is 0.307 e. The summed E-state index contributed by atoms with van der Waals surface area (Å²) in [4.78, 5) is 26.3. The first kappa shape index (κ1) is 20.4. The van der Waals surface area contributed by atoms with Crippen LogP contribution in [0.3, 0.4) is 0 Å². The molecule has 1 saturated heterocycles. The maximum atomic E-state index is 13.2. The highest BCUT2D eigenvalue weighted by molar-refractivity contribution is 7.10. The van der Waals surface area contributed by atoms with E-state index < -0.39 is 11.9 Å². The first-order valence-corrected chi connectivity index (χ1v) is 8.94. The van der Waals surface area contributed by atoms with Gasteiger partial charge in [-0.05, 0) is 42.1 Å². The van der Waals surface area contributed by atoms with Crippen molar-refractivity contribution in [1.82, 2.24) is 10.2 Å². The van der Waals surface area contributed by atoms with Crippen molar-refractivity contribution in [2.75, 3.05) is 19.6 Å². The molecule has 2 N–H and O–H groups in total. The molecule has 1 aromatic heterocycles. The largest absolute Gasteiger partial charge is 0.481 e. The quantitative estimate of drug-likeness (QED) is 0.785. The predicted molar refractivity (Wildman–Crippen MR) is 100 cm³/mol. The Morgan fingerprint density at radius 2 is 2.04 bits per heavy atom. The highest BCUT2D eigenvalue weighted by atomic mass is 35.5. The molecular weight excluding hydrogens is 379 g/mol. The van der Waals surface area contributed by atoms with Crippen LogP contribution in [0.1, 0.15) is 22.9 Å². The number of halogens is 2. The zero-order valence-electron chi connectivity index (χ0n) is 13.9. The molecule has 0 spiro atoms. The van der Waals surface area contributed by atoms with Crippen molar-refractivity contribution < 1.29 is 19.1 Å². The predicted octanol–water partition coefficient (Wildman–Crippen LogP) is 2.92. The lowest BCUT2D eigenvalue weighted by Gasteiger charge is -2.21. The Morgan fingerprint density at radius 1 is 1.31 bits per heavy atom. The lowest BCUT2D eigenvalue weighted by atomic mass is 10.1. The minimum Gasteiger partial charge on any atom is -0.481 e. The molecule has 2 aromatic rings. The van der Waals surface area contributed by atoms with Crippen molar-refractivity contribution in [3.63, 3.8) is 0 Å². The Labute approximate surface area is 161 Å². The number of carbonyl (C=O) groups is 2. The summed E-state index contributed by atoms with van der Waals surface area (Å²) in [7, 11) is 0. The van der Waals surface area contributed by atoms with Crippen molar-refractivity contribution in [3.8, 4) is 0 Å². The third-order valence-corrected chi connectivity index (χ3v) is 5.26. The molecule has 2 atom stereocenters. The number of likely N-dealkylation sites (tertiary alicyclic amines) is 1. The maximum absolute atomic E-state index is 13.2. The Balaban J connectivity index is 0.00000243. The molecule has 0 radical (unpaired) electrons. The second-order valence-electron chi connectivity index (χ2n) is 6.13. The fourth-order valence-electron chi connectivity index (χ4n) is 3.02. The van der Waals surface area contributed by atoms with Crippen molar-refractivity contribution >= 4 is 35.6 Å². The molecule has 1 amide bonds. The second kappa shape index (κ2) is 9.12. The maximum Gasteiger partial charge on any atom is 0.307 e. The molecular formula is C18H20ClFN2O3S. The number of nitrogens with one attached hydrogen (secondary N) is 1. The normalized spacial score (nSPS) is 18.1. The number of nitrogens with zero attached hydrogens (tertiary/aromatic N) is 1. The summed E-state index contributed by atoms with van der Waals surface area (Å²) in [5.74, 6) is -1.71. The minimum atomic E-state index is -0.814. The van der Waals surface area contributed by atoms with E-state index in [1.807, 2.05) is 22.4 Å². The molecule has 1 fully saturated rings. The minimum absolute atomic E-state index is 0. The van der Waals surface area contributed by atoms with Gasteiger partial charge in [0.15, 0.2) is 0 Å². The van der Waals surface area contributed by atoms with E-state index in [0.717, 1.165) is 10.4 Å². The Morgan fingerprint density at radius 3 is 2.62 bits per heavy atom. The van der Waals surface area contributed by atoms with E-state index in [2.05, 4.69) is 5.32 Å². The van der Waals surface area contributed by atoms with E-state index in [0.29, 0.717) is 19.5 Å². The Hall–Kier alpha value is -1.96. The first-order valence-electron chi connectivity index (χ1n) is 8.06. The summed E-state index contributed by atoms with van der Waals surface area (Å²) >= 11 is 1.52. The molecule has 0 saturated carbocycles. The number of rotatable bonds is 6. The number of carboxylic acids is 1. The van der Waals surface area contributed by atoms with Crippen LogP contribution in [0.2, 0.25) is 0 Å². The molecule has 0 aliphatic carbocycles. The number of hydrogen-bond acceptors (Lipinski definition) is 4. The zero-order valence-corrected chi connectivity index (χ0v) is 15.6. The van der Waals surface area contributed by atoms with E-state index in [1.165, 1.54) is 23.5 Å². The average Bonchev–Trinajstić information content (AvgIpc) is 3.25. The van der Waals surface area contributed by atoms with E-state index >= 15 is 0 Å². The molecule has 2 unspecified atom stereocenters. The highest BCUT2D eigenvalue weighted by Crippen LogP contribution is 2.26. The third kappa shape index (κ3) is 5.03. The highest BCUT2D eigenvalue weighted by Gasteiger charge is 2.29. The SMILES string of the molecule is Cl.O=C(CN1CCC(C(=O)O)C1)NC(c1ccc(F)cc1)c1cccs1. The van der Waals surface area contributed by atoms with Gasteiger partial charge in [0.2, 0.25) is 5.91 Å². The van der Waals surface area contributed by atoms with Crippen LogP contribution in [0.4, 0.5) is 4.39 Å². The number of benzene rings is 1. The fraction of sp³-hybridized carbons (Fsp3) is 0.333. The molecule has 8 heteroatoms. The van der Waals surface area contributed by atoms with Gasteiger partial charge in [-0.15, -0.1) is 23.7 Å². The summed E-state index contributed by atoms with van der Waals surface area (Å²) in [5, 5.41) is 14.0. The molecule has 140 valence electrons. The van der Waals surface area contributed by atoms with E-state index in [9.17, 15) is 14.0 Å². The topological polar surface area (TPSA) is 69.6 Å². The molecule has 1 aromatic carbocycles. The van der Waals surface area contributed by atoms with Crippen LogP contribution in [0.25, 0.3) is 0 Å². The second-order valence-corrected chi connectivity index (χ2v) is 7.11. The lowest BCUT2D eigenvalue weighted by Crippen LogP contribution is -2.38. The average molecular weight is 399 g/mol. The molecule has 1 aliphatic heterocycles. The monoisotopic (exact) mass is 398 g/mol. The van der Waals surface area contributed by atoms with Crippen molar-refractivity contribution in [3.05, 3.63) is 58.0 Å². The Bertz CT molecular complexity index is 739. The van der Waals surface area contributed by atoms with Crippen molar-refractivity contribution in [1.29, 1.82) is 0 Å². The van der Waals surface area contributed by atoms with Crippen molar-refractivity contribution in [2.45, 2.75) is 12.5 Å². The van der Waals surface area contributed by atoms with Crippen LogP contribution in [0.15, 0.2) is 41.8 Å². The van der Waals surface area contributed by atoms with E-state index in [1.54, 1.807) is 12.1 Å². The number of amides is 1. The van der Waals surface area contributed by atoms with Gasteiger partial charge in [0.1, 0.15) is 5.82 Å². The zero-order chi connectivity index (χ0) is 17.8. The van der Waals surface area contributed by atoms with Gasteiger partial charge in [-0.3, -0.25) is 14.5 Å². The lowest BCUT2D eigenvalue weighted by molar-refractivity contribution is -0.141. The van der Waals surface area contributed by atoms with Crippen LogP contribution in [-0.2, 0) is 9.59 Å². The number of hydrogen-bond donors (Lipinski definition) is 2. The fourth-order valence-corrected chi connectivity index (χ4v) is 3.82. The summed E-state index contributed by atoms with van der Waals surface area (Å²) in [6.45, 7) is 1.15. The van der Waals surface area contributed by atoms with Crippen molar-refractivity contribution in [2.24, 2.45) is 5.92 Å². The first-order chi connectivity index (χ1) is 12.0. The number of carbonyl (C=O) groups excluding carboxylic acids is 1. The van der Waals surface area contributed by atoms with Gasteiger partial charge in [0.25, 0.3) is 0 Å². The number of aliphatic carboxylic acids is 1. The van der Waals surface area contributed by atoms with Gasteiger partial charge in [0, 0.05) is 11.4 Å². The number of carboxylic acid groups (broad SMARTS) is 1. The Kier molecular flexibility index (Phi) is 7.14. The molecule has 5 nitrogen and oxygen atoms in total. The summed E-state index contributed by atoms with van der Waals surface area (Å²) < 4.78 is 13.2. The molecule has 26 heavy (non-hydrogen) atoms. The molecule has 1 aliphatic rings. The van der Waals surface area contributed by atoms with Gasteiger partial charge in [0.05, 0.1) is 18.5 Å². The van der Waals surface area contributed by atoms with Crippen LogP contribution in [0, 0.1) is 11.7 Å². The van der Waals surface area contributed by atoms with Crippen LogP contribution in [0.5, 0.6) is 0 Å². The van der Waals surface area contributed by atoms with Crippen LogP contribution < -0.4 is 5.32 Å².